The lowest BCUT2D eigenvalue weighted by atomic mass is 9.94. The van der Waals surface area contributed by atoms with Gasteiger partial charge in [-0.05, 0) is 18.1 Å². The molecule has 4 nitrogen and oxygen atoms in total. The number of methoxy groups -OCH3 is 1. The van der Waals surface area contributed by atoms with Crippen molar-refractivity contribution in [1.82, 2.24) is 0 Å². The summed E-state index contributed by atoms with van der Waals surface area (Å²) < 4.78 is 5.00. The lowest BCUT2D eigenvalue weighted by Gasteiger charge is -2.18. The number of aliphatic hydroxyl groups excluding tert-OH is 1. The van der Waals surface area contributed by atoms with Crippen molar-refractivity contribution >= 4 is 5.97 Å². The van der Waals surface area contributed by atoms with Gasteiger partial charge in [-0.1, -0.05) is 24.3 Å². The summed E-state index contributed by atoms with van der Waals surface area (Å²) >= 11 is 0. The number of hydrogen-bond acceptors (Lipinski definition) is 3. The van der Waals surface area contributed by atoms with Gasteiger partial charge < -0.3 is 14.9 Å². The van der Waals surface area contributed by atoms with Gasteiger partial charge in [0.15, 0.2) is 0 Å². The minimum Gasteiger partial charge on any atom is -0.481 e. The summed E-state index contributed by atoms with van der Waals surface area (Å²) in [7, 11) is 1.56. The normalized spacial score (nSPS) is 14.4. The van der Waals surface area contributed by atoms with E-state index >= 15 is 0 Å². The summed E-state index contributed by atoms with van der Waals surface area (Å²) in [5, 5.41) is 18.8. The zero-order valence-corrected chi connectivity index (χ0v) is 9.38. The second kappa shape index (κ2) is 5.63. The molecule has 1 rings (SSSR count). The van der Waals surface area contributed by atoms with E-state index in [2.05, 4.69) is 0 Å². The van der Waals surface area contributed by atoms with Crippen LogP contribution in [0.25, 0.3) is 0 Å². The number of benzene rings is 1. The molecule has 2 atom stereocenters. The van der Waals surface area contributed by atoms with Crippen LogP contribution in [0.4, 0.5) is 0 Å². The smallest absolute Gasteiger partial charge is 0.309 e. The molecule has 0 fully saturated rings. The minimum absolute atomic E-state index is 0.361. The van der Waals surface area contributed by atoms with Crippen molar-refractivity contribution in [2.45, 2.75) is 19.6 Å². The molecule has 0 aliphatic carbocycles. The maximum Gasteiger partial charge on any atom is 0.309 e. The Hall–Kier alpha value is -1.39. The highest BCUT2D eigenvalue weighted by Crippen LogP contribution is 2.25. The van der Waals surface area contributed by atoms with Crippen LogP contribution in [0.3, 0.4) is 0 Å². The van der Waals surface area contributed by atoms with Crippen LogP contribution in [0, 0.1) is 5.92 Å². The third-order valence-electron chi connectivity index (χ3n) is 2.54. The Labute approximate surface area is 94.5 Å². The van der Waals surface area contributed by atoms with Gasteiger partial charge in [-0.2, -0.15) is 0 Å². The van der Waals surface area contributed by atoms with Crippen LogP contribution < -0.4 is 0 Å². The number of ether oxygens (including phenoxy) is 1. The quantitative estimate of drug-likeness (QED) is 0.797. The minimum atomic E-state index is -1.01. The molecule has 1 aromatic carbocycles. The van der Waals surface area contributed by atoms with Crippen molar-refractivity contribution in [3.8, 4) is 0 Å². The molecule has 0 amide bonds. The fourth-order valence-electron chi connectivity index (χ4n) is 1.51. The van der Waals surface area contributed by atoms with E-state index in [9.17, 15) is 9.90 Å². The number of carbonyl (C=O) groups is 1. The van der Waals surface area contributed by atoms with Crippen LogP contribution in [0.5, 0.6) is 0 Å². The van der Waals surface area contributed by atoms with E-state index in [1.54, 1.807) is 19.2 Å². The fourth-order valence-corrected chi connectivity index (χ4v) is 1.51. The second-order valence-corrected chi connectivity index (χ2v) is 3.70. The van der Waals surface area contributed by atoms with Crippen LogP contribution in [-0.2, 0) is 16.1 Å². The summed E-state index contributed by atoms with van der Waals surface area (Å²) in [6.45, 7) is 1.84. The molecule has 1 aromatic rings. The third kappa shape index (κ3) is 2.81. The summed E-state index contributed by atoms with van der Waals surface area (Å²) in [6.07, 6.45) is -1.01. The highest BCUT2D eigenvalue weighted by atomic mass is 16.5. The van der Waals surface area contributed by atoms with Crippen molar-refractivity contribution in [2.75, 3.05) is 7.11 Å². The predicted octanol–water partition coefficient (Wildman–Crippen LogP) is 1.59. The molecular formula is C12H16O4. The number of hydrogen-bond donors (Lipinski definition) is 2. The largest absolute Gasteiger partial charge is 0.481 e. The Bertz CT molecular complexity index is 362. The van der Waals surface area contributed by atoms with Gasteiger partial charge in [-0.25, -0.2) is 0 Å². The predicted molar refractivity (Wildman–Crippen MR) is 58.9 cm³/mol. The SMILES string of the molecule is COCc1ccccc1C(O)C(C)C(=O)O. The zero-order chi connectivity index (χ0) is 12.1. The molecule has 2 N–H and O–H groups in total. The topological polar surface area (TPSA) is 66.8 Å². The molecule has 16 heavy (non-hydrogen) atoms. The van der Waals surface area contributed by atoms with Gasteiger partial charge in [0, 0.05) is 7.11 Å². The summed E-state index contributed by atoms with van der Waals surface area (Å²) in [6, 6.07) is 7.14. The molecule has 0 radical (unpaired) electrons. The van der Waals surface area contributed by atoms with Gasteiger partial charge in [0.2, 0.25) is 0 Å². The molecule has 4 heteroatoms. The first-order chi connectivity index (χ1) is 7.57. The van der Waals surface area contributed by atoms with E-state index in [-0.39, 0.29) is 0 Å². The zero-order valence-electron chi connectivity index (χ0n) is 9.38. The van der Waals surface area contributed by atoms with Crippen LogP contribution in [-0.4, -0.2) is 23.3 Å². The molecule has 0 aliphatic rings. The second-order valence-electron chi connectivity index (χ2n) is 3.70. The van der Waals surface area contributed by atoms with Gasteiger partial charge >= 0.3 is 5.97 Å². The Morgan fingerprint density at radius 3 is 2.62 bits per heavy atom. The van der Waals surface area contributed by atoms with Crippen molar-refractivity contribution in [3.63, 3.8) is 0 Å². The van der Waals surface area contributed by atoms with E-state index in [4.69, 9.17) is 9.84 Å². The molecule has 0 saturated heterocycles. The van der Waals surface area contributed by atoms with Gasteiger partial charge in [0.25, 0.3) is 0 Å². The number of aliphatic carboxylic acids is 1. The van der Waals surface area contributed by atoms with E-state index < -0.39 is 18.0 Å². The molecule has 0 heterocycles. The molecule has 0 saturated carbocycles. The Morgan fingerprint density at radius 1 is 1.44 bits per heavy atom. The molecule has 0 spiro atoms. The maximum atomic E-state index is 10.8. The average molecular weight is 224 g/mol. The maximum absolute atomic E-state index is 10.8. The molecular weight excluding hydrogens is 208 g/mol. The van der Waals surface area contributed by atoms with Crippen LogP contribution in [0.2, 0.25) is 0 Å². The molecule has 88 valence electrons. The van der Waals surface area contributed by atoms with Crippen LogP contribution in [0.15, 0.2) is 24.3 Å². The average Bonchev–Trinajstić information content (AvgIpc) is 2.28. The number of carboxylic acids is 1. The van der Waals surface area contributed by atoms with Gasteiger partial charge in [0.1, 0.15) is 0 Å². The van der Waals surface area contributed by atoms with Crippen molar-refractivity contribution in [1.29, 1.82) is 0 Å². The lowest BCUT2D eigenvalue weighted by molar-refractivity contribution is -0.145. The summed E-state index contributed by atoms with van der Waals surface area (Å²) in [4.78, 5) is 10.8. The highest BCUT2D eigenvalue weighted by Gasteiger charge is 2.24. The van der Waals surface area contributed by atoms with E-state index in [1.165, 1.54) is 6.92 Å². The van der Waals surface area contributed by atoms with Crippen LogP contribution in [0.1, 0.15) is 24.2 Å². The monoisotopic (exact) mass is 224 g/mol. The fraction of sp³-hybridized carbons (Fsp3) is 0.417. The first-order valence-corrected chi connectivity index (χ1v) is 5.05. The molecule has 0 aliphatic heterocycles. The molecule has 0 aromatic heterocycles. The van der Waals surface area contributed by atoms with Crippen molar-refractivity contribution < 1.29 is 19.7 Å². The first-order valence-electron chi connectivity index (χ1n) is 5.05. The van der Waals surface area contributed by atoms with Gasteiger partial charge in [-0.15, -0.1) is 0 Å². The first kappa shape index (κ1) is 12.7. The third-order valence-corrected chi connectivity index (χ3v) is 2.54. The lowest BCUT2D eigenvalue weighted by Crippen LogP contribution is -2.19. The molecule has 2 unspecified atom stereocenters. The summed E-state index contributed by atoms with van der Waals surface area (Å²) in [5.74, 6) is -1.85. The number of carboxylic acid groups (broad SMARTS) is 1. The van der Waals surface area contributed by atoms with E-state index in [0.29, 0.717) is 12.2 Å². The van der Waals surface area contributed by atoms with E-state index in [1.807, 2.05) is 12.1 Å². The Kier molecular flexibility index (Phi) is 4.46. The standard InChI is InChI=1S/C12H16O4/c1-8(12(14)15)11(13)10-6-4-3-5-9(10)7-16-2/h3-6,8,11,13H,7H2,1-2H3,(H,14,15). The highest BCUT2D eigenvalue weighted by molar-refractivity contribution is 5.70. The van der Waals surface area contributed by atoms with Crippen LogP contribution >= 0.6 is 0 Å². The Balaban J connectivity index is 2.97. The van der Waals surface area contributed by atoms with Gasteiger partial charge in [-0.3, -0.25) is 4.79 Å². The van der Waals surface area contributed by atoms with Gasteiger partial charge in [0.05, 0.1) is 18.6 Å². The van der Waals surface area contributed by atoms with E-state index in [0.717, 1.165) is 5.56 Å². The summed E-state index contributed by atoms with van der Waals surface area (Å²) in [5.41, 5.74) is 1.42. The molecule has 0 bridgehead atoms. The number of rotatable bonds is 5. The number of aliphatic hydroxyl groups is 1. The Morgan fingerprint density at radius 2 is 2.06 bits per heavy atom. The van der Waals surface area contributed by atoms with Crippen molar-refractivity contribution in [3.05, 3.63) is 35.4 Å². The van der Waals surface area contributed by atoms with Crippen molar-refractivity contribution in [2.24, 2.45) is 5.92 Å².